The number of nitrogens with zero attached hydrogens (tertiary/aromatic N) is 5. The van der Waals surface area contributed by atoms with Gasteiger partial charge in [-0.25, -0.2) is 4.68 Å². The molecule has 0 unspecified atom stereocenters. The van der Waals surface area contributed by atoms with Gasteiger partial charge >= 0.3 is 0 Å². The van der Waals surface area contributed by atoms with Crippen LogP contribution >= 0.6 is 0 Å². The molecule has 158 valence electrons. The van der Waals surface area contributed by atoms with Crippen LogP contribution in [-0.2, 0) is 17.9 Å². The highest BCUT2D eigenvalue weighted by atomic mass is 16.5. The van der Waals surface area contributed by atoms with Crippen LogP contribution in [0.15, 0.2) is 53.1 Å². The molecule has 1 aliphatic heterocycles. The summed E-state index contributed by atoms with van der Waals surface area (Å²) >= 11 is 0. The van der Waals surface area contributed by atoms with E-state index in [2.05, 4.69) is 20.5 Å². The van der Waals surface area contributed by atoms with Gasteiger partial charge in [-0.3, -0.25) is 0 Å². The minimum atomic E-state index is -0.113. The van der Waals surface area contributed by atoms with Gasteiger partial charge in [0.25, 0.3) is 5.89 Å². The molecule has 0 radical (unpaired) electrons. The Kier molecular flexibility index (Phi) is 5.09. The first-order chi connectivity index (χ1) is 15.2. The standard InChI is InChI=1S/C22H21N5O4/c1-3-29-17-10-6-15(7-11-17)22-23-21(25-31-22)20-18-13-30-19(12-27(18)26-24-20)14-4-8-16(28-2)9-5-14/h4-11,19H,3,12-13H2,1-2H3/t19-/m0/s1. The number of benzene rings is 2. The van der Waals surface area contributed by atoms with Crippen molar-refractivity contribution in [2.45, 2.75) is 26.2 Å². The summed E-state index contributed by atoms with van der Waals surface area (Å²) in [5.41, 5.74) is 3.25. The third-order valence-corrected chi connectivity index (χ3v) is 5.14. The lowest BCUT2D eigenvalue weighted by molar-refractivity contribution is -0.00114. The minimum Gasteiger partial charge on any atom is -0.497 e. The quantitative estimate of drug-likeness (QED) is 0.467. The molecule has 0 fully saturated rings. The Labute approximate surface area is 178 Å². The molecule has 5 rings (SSSR count). The van der Waals surface area contributed by atoms with Crippen LogP contribution < -0.4 is 9.47 Å². The van der Waals surface area contributed by atoms with E-state index >= 15 is 0 Å². The van der Waals surface area contributed by atoms with E-state index < -0.39 is 0 Å². The second-order valence-corrected chi connectivity index (χ2v) is 7.02. The highest BCUT2D eigenvalue weighted by Crippen LogP contribution is 2.31. The molecule has 4 aromatic rings. The lowest BCUT2D eigenvalue weighted by Gasteiger charge is -2.24. The average molecular weight is 419 g/mol. The van der Waals surface area contributed by atoms with Crippen LogP contribution in [0.2, 0.25) is 0 Å². The molecule has 9 heteroatoms. The van der Waals surface area contributed by atoms with E-state index in [4.69, 9.17) is 18.7 Å². The van der Waals surface area contributed by atoms with Gasteiger partial charge in [0.15, 0.2) is 5.69 Å². The van der Waals surface area contributed by atoms with Crippen molar-refractivity contribution in [1.29, 1.82) is 0 Å². The van der Waals surface area contributed by atoms with Crippen LogP contribution in [0.5, 0.6) is 11.5 Å². The van der Waals surface area contributed by atoms with Crippen molar-refractivity contribution < 1.29 is 18.7 Å². The van der Waals surface area contributed by atoms with E-state index in [0.717, 1.165) is 28.3 Å². The summed E-state index contributed by atoms with van der Waals surface area (Å²) in [5.74, 6) is 2.40. The molecule has 0 saturated heterocycles. The van der Waals surface area contributed by atoms with Gasteiger partial charge in [-0.2, -0.15) is 4.98 Å². The highest BCUT2D eigenvalue weighted by Gasteiger charge is 2.27. The van der Waals surface area contributed by atoms with Crippen molar-refractivity contribution in [3.05, 3.63) is 59.8 Å². The molecule has 31 heavy (non-hydrogen) atoms. The molecule has 0 N–H and O–H groups in total. The Morgan fingerprint density at radius 3 is 2.58 bits per heavy atom. The Morgan fingerprint density at radius 1 is 1.06 bits per heavy atom. The molecule has 1 aliphatic rings. The van der Waals surface area contributed by atoms with Gasteiger partial charge in [-0.15, -0.1) is 5.10 Å². The van der Waals surface area contributed by atoms with Crippen molar-refractivity contribution in [3.8, 4) is 34.5 Å². The number of hydrogen-bond donors (Lipinski definition) is 0. The smallest absolute Gasteiger partial charge is 0.258 e. The summed E-state index contributed by atoms with van der Waals surface area (Å²) < 4.78 is 24.0. The first-order valence-corrected chi connectivity index (χ1v) is 10.0. The van der Waals surface area contributed by atoms with E-state index in [1.807, 2.05) is 60.1 Å². The largest absolute Gasteiger partial charge is 0.497 e. The number of rotatable bonds is 6. The zero-order chi connectivity index (χ0) is 21.2. The Hall–Kier alpha value is -3.72. The van der Waals surface area contributed by atoms with E-state index in [1.165, 1.54) is 0 Å². The molecule has 0 aliphatic carbocycles. The van der Waals surface area contributed by atoms with Crippen molar-refractivity contribution in [2.24, 2.45) is 0 Å². The number of fused-ring (bicyclic) bond motifs is 1. The second-order valence-electron chi connectivity index (χ2n) is 7.02. The number of ether oxygens (including phenoxy) is 3. The molecular weight excluding hydrogens is 398 g/mol. The second kappa shape index (κ2) is 8.19. The fourth-order valence-electron chi connectivity index (χ4n) is 3.50. The van der Waals surface area contributed by atoms with Crippen molar-refractivity contribution in [2.75, 3.05) is 13.7 Å². The number of aromatic nitrogens is 5. The first kappa shape index (κ1) is 19.3. The molecule has 3 heterocycles. The molecular formula is C22H21N5O4. The molecule has 0 amide bonds. The summed E-state index contributed by atoms with van der Waals surface area (Å²) in [6.45, 7) is 3.47. The summed E-state index contributed by atoms with van der Waals surface area (Å²) in [4.78, 5) is 4.50. The minimum absolute atomic E-state index is 0.113. The maximum Gasteiger partial charge on any atom is 0.258 e. The zero-order valence-electron chi connectivity index (χ0n) is 17.2. The van der Waals surface area contributed by atoms with E-state index in [-0.39, 0.29) is 6.10 Å². The summed E-state index contributed by atoms with van der Waals surface area (Å²) in [6, 6.07) is 15.3. The predicted octanol–water partition coefficient (Wildman–Crippen LogP) is 3.67. The Balaban J connectivity index is 1.35. The van der Waals surface area contributed by atoms with Crippen LogP contribution in [0.4, 0.5) is 0 Å². The number of methoxy groups -OCH3 is 1. The fraction of sp³-hybridized carbons (Fsp3) is 0.273. The lowest BCUT2D eigenvalue weighted by Crippen LogP contribution is -2.22. The monoisotopic (exact) mass is 419 g/mol. The predicted molar refractivity (Wildman–Crippen MR) is 110 cm³/mol. The SMILES string of the molecule is CCOc1ccc(-c2nc(-c3nnn4c3CO[C@H](c3ccc(OC)cc3)C4)no2)cc1. The average Bonchev–Trinajstić information content (AvgIpc) is 3.46. The Bertz CT molecular complexity index is 1170. The lowest BCUT2D eigenvalue weighted by atomic mass is 10.1. The van der Waals surface area contributed by atoms with Crippen LogP contribution in [0.25, 0.3) is 23.0 Å². The number of hydrogen-bond acceptors (Lipinski definition) is 8. The van der Waals surface area contributed by atoms with E-state index in [0.29, 0.717) is 37.2 Å². The van der Waals surface area contributed by atoms with Gasteiger partial charge in [0.1, 0.15) is 17.6 Å². The van der Waals surface area contributed by atoms with Gasteiger partial charge in [0.2, 0.25) is 5.82 Å². The van der Waals surface area contributed by atoms with Crippen LogP contribution in [0.1, 0.15) is 24.3 Å². The van der Waals surface area contributed by atoms with Crippen molar-refractivity contribution in [3.63, 3.8) is 0 Å². The molecule has 0 bridgehead atoms. The van der Waals surface area contributed by atoms with Gasteiger partial charge in [0, 0.05) is 5.56 Å². The van der Waals surface area contributed by atoms with E-state index in [9.17, 15) is 0 Å². The molecule has 0 spiro atoms. The van der Waals surface area contributed by atoms with E-state index in [1.54, 1.807) is 7.11 Å². The molecule has 2 aromatic carbocycles. The van der Waals surface area contributed by atoms with Crippen LogP contribution in [0.3, 0.4) is 0 Å². The maximum absolute atomic E-state index is 6.07. The van der Waals surface area contributed by atoms with Crippen LogP contribution in [0, 0.1) is 0 Å². The first-order valence-electron chi connectivity index (χ1n) is 10.0. The van der Waals surface area contributed by atoms with Gasteiger partial charge in [-0.1, -0.05) is 22.5 Å². The molecule has 1 atom stereocenters. The highest BCUT2D eigenvalue weighted by molar-refractivity contribution is 5.59. The third-order valence-electron chi connectivity index (χ3n) is 5.14. The zero-order valence-corrected chi connectivity index (χ0v) is 17.2. The molecule has 0 saturated carbocycles. The summed E-state index contributed by atoms with van der Waals surface area (Å²) in [6.07, 6.45) is -0.113. The van der Waals surface area contributed by atoms with Gasteiger partial charge in [0.05, 0.1) is 32.6 Å². The van der Waals surface area contributed by atoms with Crippen molar-refractivity contribution in [1.82, 2.24) is 25.1 Å². The van der Waals surface area contributed by atoms with Gasteiger partial charge in [-0.05, 0) is 48.9 Å². The van der Waals surface area contributed by atoms with Crippen LogP contribution in [-0.4, -0.2) is 38.9 Å². The normalized spacial score (nSPS) is 15.5. The fourth-order valence-corrected chi connectivity index (χ4v) is 3.50. The van der Waals surface area contributed by atoms with Crippen molar-refractivity contribution >= 4 is 0 Å². The molecule has 9 nitrogen and oxygen atoms in total. The summed E-state index contributed by atoms with van der Waals surface area (Å²) in [7, 11) is 1.65. The molecule has 2 aromatic heterocycles. The third kappa shape index (κ3) is 3.75. The van der Waals surface area contributed by atoms with Gasteiger partial charge < -0.3 is 18.7 Å². The summed E-state index contributed by atoms with van der Waals surface area (Å²) in [5, 5.41) is 12.7. The Morgan fingerprint density at radius 2 is 1.84 bits per heavy atom. The topological polar surface area (TPSA) is 97.3 Å². The maximum atomic E-state index is 6.07.